The molecule has 0 atom stereocenters. The van der Waals surface area contributed by atoms with Gasteiger partial charge in [0.2, 0.25) is 5.95 Å². The summed E-state index contributed by atoms with van der Waals surface area (Å²) in [7, 11) is 0. The Bertz CT molecular complexity index is 972. The van der Waals surface area contributed by atoms with Gasteiger partial charge in [0, 0.05) is 29.6 Å². The lowest BCUT2D eigenvalue weighted by Gasteiger charge is -2.21. The predicted molar refractivity (Wildman–Crippen MR) is 105 cm³/mol. The van der Waals surface area contributed by atoms with Crippen LogP contribution in [0, 0.1) is 0 Å². The van der Waals surface area contributed by atoms with Crippen molar-refractivity contribution < 1.29 is 17.9 Å². The summed E-state index contributed by atoms with van der Waals surface area (Å²) in [6.07, 6.45) is -3.11. The van der Waals surface area contributed by atoms with Crippen LogP contribution in [0.1, 0.15) is 20.8 Å². The third-order valence-corrected chi connectivity index (χ3v) is 3.48. The molecular weight excluding hydrogens is 383 g/mol. The van der Waals surface area contributed by atoms with E-state index in [9.17, 15) is 13.2 Å². The summed E-state index contributed by atoms with van der Waals surface area (Å²) in [6, 6.07) is 12.7. The summed E-state index contributed by atoms with van der Waals surface area (Å²) in [5, 5.41) is 6.20. The fraction of sp³-hybridized carbons (Fsp3) is 0.250. The number of ether oxygens (including phenoxy) is 1. The zero-order chi connectivity index (χ0) is 21.1. The highest BCUT2D eigenvalue weighted by atomic mass is 19.4. The Morgan fingerprint density at radius 2 is 1.69 bits per heavy atom. The second kappa shape index (κ2) is 7.94. The van der Waals surface area contributed by atoms with E-state index in [2.05, 4.69) is 30.3 Å². The summed E-state index contributed by atoms with van der Waals surface area (Å²) in [4.78, 5) is 13.2. The minimum Gasteiger partial charge on any atom is -0.406 e. The molecule has 2 N–H and O–H groups in total. The molecule has 0 saturated carbocycles. The van der Waals surface area contributed by atoms with Gasteiger partial charge in [-0.25, -0.2) is 4.98 Å². The molecule has 3 aromatic rings. The number of nitrogens with zero attached hydrogens (tertiary/aromatic N) is 3. The van der Waals surface area contributed by atoms with Gasteiger partial charge in [0.05, 0.1) is 11.4 Å². The van der Waals surface area contributed by atoms with Gasteiger partial charge in [0.15, 0.2) is 0 Å². The topological polar surface area (TPSA) is 72.0 Å². The average Bonchev–Trinajstić information content (AvgIpc) is 2.59. The van der Waals surface area contributed by atoms with E-state index in [1.165, 1.54) is 18.2 Å². The van der Waals surface area contributed by atoms with E-state index in [0.29, 0.717) is 28.8 Å². The number of hydrogen-bond acceptors (Lipinski definition) is 6. The number of halogens is 3. The highest BCUT2D eigenvalue weighted by Crippen LogP contribution is 2.28. The minimum atomic E-state index is -4.76. The monoisotopic (exact) mass is 403 g/mol. The Kier molecular flexibility index (Phi) is 5.58. The molecule has 0 unspecified atom stereocenters. The van der Waals surface area contributed by atoms with Crippen molar-refractivity contribution in [1.82, 2.24) is 15.0 Å². The van der Waals surface area contributed by atoms with Crippen molar-refractivity contribution in [3.8, 4) is 17.1 Å². The van der Waals surface area contributed by atoms with Gasteiger partial charge < -0.3 is 15.4 Å². The van der Waals surface area contributed by atoms with Gasteiger partial charge in [-0.05, 0) is 45.0 Å². The number of aromatic nitrogens is 3. The quantitative estimate of drug-likeness (QED) is 0.595. The van der Waals surface area contributed by atoms with Crippen molar-refractivity contribution >= 4 is 17.5 Å². The summed E-state index contributed by atoms with van der Waals surface area (Å²) in [5.41, 5.74) is 1.31. The molecule has 2 aromatic heterocycles. The number of hydrogen-bond donors (Lipinski definition) is 2. The van der Waals surface area contributed by atoms with Crippen LogP contribution < -0.4 is 15.4 Å². The van der Waals surface area contributed by atoms with Crippen LogP contribution in [0.25, 0.3) is 11.4 Å². The highest BCUT2D eigenvalue weighted by molar-refractivity contribution is 5.66. The maximum atomic E-state index is 12.5. The van der Waals surface area contributed by atoms with E-state index < -0.39 is 6.36 Å². The molecule has 1 aromatic carbocycles. The van der Waals surface area contributed by atoms with Crippen LogP contribution in [-0.2, 0) is 0 Å². The molecule has 0 fully saturated rings. The first-order valence-corrected chi connectivity index (χ1v) is 8.79. The molecule has 0 radical (unpaired) electrons. The number of rotatable bonds is 5. The van der Waals surface area contributed by atoms with Gasteiger partial charge in [0.25, 0.3) is 0 Å². The van der Waals surface area contributed by atoms with Crippen molar-refractivity contribution in [3.63, 3.8) is 0 Å². The van der Waals surface area contributed by atoms with Crippen LogP contribution in [-0.4, -0.2) is 26.9 Å². The molecule has 0 aliphatic rings. The lowest BCUT2D eigenvalue weighted by atomic mass is 10.1. The average molecular weight is 403 g/mol. The van der Waals surface area contributed by atoms with Crippen molar-refractivity contribution in [2.45, 2.75) is 32.7 Å². The van der Waals surface area contributed by atoms with Gasteiger partial charge in [-0.15, -0.1) is 13.2 Å². The molecule has 0 aliphatic carbocycles. The normalized spacial score (nSPS) is 11.8. The van der Waals surface area contributed by atoms with Crippen molar-refractivity contribution in [2.75, 3.05) is 10.6 Å². The Hall–Kier alpha value is -3.36. The van der Waals surface area contributed by atoms with E-state index in [1.807, 2.05) is 32.9 Å². The van der Waals surface area contributed by atoms with Crippen LogP contribution in [0.4, 0.5) is 30.6 Å². The number of benzene rings is 1. The van der Waals surface area contributed by atoms with Crippen LogP contribution in [0.5, 0.6) is 5.75 Å². The van der Waals surface area contributed by atoms with Crippen molar-refractivity contribution in [3.05, 3.63) is 54.7 Å². The van der Waals surface area contributed by atoms with Crippen LogP contribution >= 0.6 is 0 Å². The number of pyridine rings is 1. The molecule has 0 bridgehead atoms. The Labute approximate surface area is 166 Å². The SMILES string of the molecule is CC(C)(C)Nc1nc(Nc2cccc(OC(F)(F)F)c2)cc(-c2ccccn2)n1. The Morgan fingerprint density at radius 3 is 2.34 bits per heavy atom. The van der Waals surface area contributed by atoms with Gasteiger partial charge in [-0.1, -0.05) is 12.1 Å². The second-order valence-corrected chi connectivity index (χ2v) is 7.25. The maximum Gasteiger partial charge on any atom is 0.573 e. The number of anilines is 3. The largest absolute Gasteiger partial charge is 0.573 e. The van der Waals surface area contributed by atoms with Gasteiger partial charge in [0.1, 0.15) is 11.6 Å². The summed E-state index contributed by atoms with van der Waals surface area (Å²) < 4.78 is 41.4. The second-order valence-electron chi connectivity index (χ2n) is 7.25. The zero-order valence-corrected chi connectivity index (χ0v) is 16.1. The third kappa shape index (κ3) is 6.34. The van der Waals surface area contributed by atoms with Gasteiger partial charge in [-0.2, -0.15) is 4.98 Å². The molecule has 6 nitrogen and oxygen atoms in total. The molecule has 0 aliphatic heterocycles. The van der Waals surface area contributed by atoms with E-state index >= 15 is 0 Å². The highest BCUT2D eigenvalue weighted by Gasteiger charge is 2.31. The molecule has 2 heterocycles. The lowest BCUT2D eigenvalue weighted by Crippen LogP contribution is -2.27. The molecule has 0 spiro atoms. The zero-order valence-electron chi connectivity index (χ0n) is 16.1. The lowest BCUT2D eigenvalue weighted by molar-refractivity contribution is -0.274. The first kappa shape index (κ1) is 20.4. The molecule has 0 saturated heterocycles. The first-order chi connectivity index (χ1) is 13.6. The van der Waals surface area contributed by atoms with Gasteiger partial charge in [-0.3, -0.25) is 4.98 Å². The van der Waals surface area contributed by atoms with E-state index in [0.717, 1.165) is 0 Å². The maximum absolute atomic E-state index is 12.5. The molecule has 9 heteroatoms. The molecular formula is C20H20F3N5O. The van der Waals surface area contributed by atoms with E-state index in [1.54, 1.807) is 24.4 Å². The van der Waals surface area contributed by atoms with Gasteiger partial charge >= 0.3 is 6.36 Å². The smallest absolute Gasteiger partial charge is 0.406 e. The number of alkyl halides is 3. The fourth-order valence-corrected chi connectivity index (χ4v) is 2.47. The standard InChI is InChI=1S/C20H20F3N5O/c1-19(2,3)28-18-26-16(15-9-4-5-10-24-15)12-17(27-18)25-13-7-6-8-14(11-13)29-20(21,22)23/h4-12H,1-3H3,(H2,25,26,27,28). The Balaban J connectivity index is 1.94. The fourth-order valence-electron chi connectivity index (χ4n) is 2.47. The third-order valence-electron chi connectivity index (χ3n) is 3.48. The van der Waals surface area contributed by atoms with Crippen LogP contribution in [0.3, 0.4) is 0 Å². The minimum absolute atomic E-state index is 0.291. The van der Waals surface area contributed by atoms with Crippen molar-refractivity contribution in [1.29, 1.82) is 0 Å². The van der Waals surface area contributed by atoms with Crippen LogP contribution in [0.2, 0.25) is 0 Å². The summed E-state index contributed by atoms with van der Waals surface area (Å²) in [6.45, 7) is 5.90. The summed E-state index contributed by atoms with van der Waals surface area (Å²) in [5.74, 6) is 0.442. The van der Waals surface area contributed by atoms with Crippen molar-refractivity contribution in [2.24, 2.45) is 0 Å². The molecule has 0 amide bonds. The van der Waals surface area contributed by atoms with E-state index in [-0.39, 0.29) is 11.3 Å². The Morgan fingerprint density at radius 1 is 0.897 bits per heavy atom. The molecule has 152 valence electrons. The first-order valence-electron chi connectivity index (χ1n) is 8.79. The predicted octanol–water partition coefficient (Wildman–Crippen LogP) is 5.39. The number of nitrogens with one attached hydrogen (secondary N) is 2. The molecule has 3 rings (SSSR count). The van der Waals surface area contributed by atoms with E-state index in [4.69, 9.17) is 0 Å². The summed E-state index contributed by atoms with van der Waals surface area (Å²) >= 11 is 0. The van der Waals surface area contributed by atoms with Crippen LogP contribution in [0.15, 0.2) is 54.7 Å². The molecule has 29 heavy (non-hydrogen) atoms.